The smallest absolute Gasteiger partial charge is 0.0520 e. The predicted molar refractivity (Wildman–Crippen MR) is 92.8 cm³/mol. The molecule has 1 saturated heterocycles. The van der Waals surface area contributed by atoms with Crippen LogP contribution in [0.3, 0.4) is 0 Å². The largest absolute Gasteiger partial charge is 0.378 e. The van der Waals surface area contributed by atoms with Gasteiger partial charge in [-0.2, -0.15) is 0 Å². The Labute approximate surface area is 133 Å². The Morgan fingerprint density at radius 2 is 1.50 bits per heavy atom. The zero-order valence-electron chi connectivity index (χ0n) is 13.0. The number of hydrogen-bond acceptors (Lipinski definition) is 3. The Hall–Kier alpha value is -1.84. The molecule has 3 N–H and O–H groups in total. The molecule has 3 nitrogen and oxygen atoms in total. The third kappa shape index (κ3) is 3.67. The van der Waals surface area contributed by atoms with Gasteiger partial charge in [-0.1, -0.05) is 48.5 Å². The zero-order chi connectivity index (χ0) is 15.3. The number of likely N-dealkylation sites (tertiary alicyclic amines) is 1. The van der Waals surface area contributed by atoms with E-state index >= 15 is 0 Å². The quantitative estimate of drug-likeness (QED) is 0.890. The molecule has 0 spiro atoms. The highest BCUT2D eigenvalue weighted by Gasteiger charge is 2.33. The summed E-state index contributed by atoms with van der Waals surface area (Å²) in [5.74, 6) is 0. The van der Waals surface area contributed by atoms with Gasteiger partial charge in [0.15, 0.2) is 0 Å². The van der Waals surface area contributed by atoms with Crippen LogP contribution in [0, 0.1) is 0 Å². The van der Waals surface area contributed by atoms with Gasteiger partial charge >= 0.3 is 0 Å². The van der Waals surface area contributed by atoms with Crippen molar-refractivity contribution in [1.29, 1.82) is 0 Å². The van der Waals surface area contributed by atoms with Gasteiger partial charge in [-0.3, -0.25) is 4.90 Å². The van der Waals surface area contributed by atoms with E-state index in [0.717, 1.165) is 32.5 Å². The molecule has 0 aliphatic carbocycles. The lowest BCUT2D eigenvalue weighted by atomic mass is 9.87. The van der Waals surface area contributed by atoms with Gasteiger partial charge in [0.05, 0.1) is 5.54 Å². The molecule has 0 aromatic heterocycles. The first-order chi connectivity index (χ1) is 10.8. The average molecular weight is 295 g/mol. The molecule has 116 valence electrons. The first-order valence-corrected chi connectivity index (χ1v) is 8.09. The monoisotopic (exact) mass is 295 g/mol. The molecular weight excluding hydrogens is 270 g/mol. The van der Waals surface area contributed by atoms with Crippen LogP contribution < -0.4 is 11.1 Å². The molecule has 0 saturated carbocycles. The van der Waals surface area contributed by atoms with Gasteiger partial charge in [0.25, 0.3) is 0 Å². The van der Waals surface area contributed by atoms with Crippen molar-refractivity contribution in [3.05, 3.63) is 66.2 Å². The Morgan fingerprint density at radius 3 is 2.09 bits per heavy atom. The highest BCUT2D eigenvalue weighted by atomic mass is 15.2. The second-order valence-electron chi connectivity index (χ2n) is 6.24. The van der Waals surface area contributed by atoms with Crippen LogP contribution in [-0.2, 0) is 6.54 Å². The number of benzene rings is 2. The van der Waals surface area contributed by atoms with Gasteiger partial charge in [0, 0.05) is 31.9 Å². The number of piperidine rings is 1. The average Bonchev–Trinajstić information content (AvgIpc) is 2.59. The van der Waals surface area contributed by atoms with Crippen LogP contribution in [-0.4, -0.2) is 30.1 Å². The van der Waals surface area contributed by atoms with Gasteiger partial charge in [-0.05, 0) is 30.5 Å². The van der Waals surface area contributed by atoms with Crippen LogP contribution >= 0.6 is 0 Å². The molecule has 0 unspecified atom stereocenters. The van der Waals surface area contributed by atoms with E-state index < -0.39 is 0 Å². The van der Waals surface area contributed by atoms with Crippen molar-refractivity contribution >= 4 is 5.69 Å². The van der Waals surface area contributed by atoms with E-state index in [1.807, 2.05) is 6.07 Å². The van der Waals surface area contributed by atoms with Gasteiger partial charge in [0.2, 0.25) is 0 Å². The Kier molecular flexibility index (Phi) is 4.76. The normalized spacial score (nSPS) is 18.0. The summed E-state index contributed by atoms with van der Waals surface area (Å²) in [5, 5.41) is 3.68. The van der Waals surface area contributed by atoms with Gasteiger partial charge < -0.3 is 11.1 Å². The van der Waals surface area contributed by atoms with Crippen molar-refractivity contribution in [1.82, 2.24) is 4.90 Å². The lowest BCUT2D eigenvalue weighted by molar-refractivity contribution is 0.170. The fourth-order valence-corrected chi connectivity index (χ4v) is 3.19. The molecule has 0 atom stereocenters. The van der Waals surface area contributed by atoms with E-state index in [9.17, 15) is 0 Å². The van der Waals surface area contributed by atoms with Crippen molar-refractivity contribution in [2.75, 3.05) is 25.0 Å². The molecule has 2 aromatic rings. The van der Waals surface area contributed by atoms with Crippen molar-refractivity contribution in [2.45, 2.75) is 24.9 Å². The molecule has 0 amide bonds. The maximum Gasteiger partial charge on any atom is 0.0520 e. The summed E-state index contributed by atoms with van der Waals surface area (Å²) in [5.41, 5.74) is 8.70. The minimum atomic E-state index is 0.0363. The van der Waals surface area contributed by atoms with Crippen LogP contribution in [0.5, 0.6) is 0 Å². The standard InChI is InChI=1S/C19H25N3/c20-16-19(21-18-9-5-2-6-10-18)11-13-22(14-12-19)15-17-7-3-1-4-8-17/h1-10,21H,11-16,20H2. The molecule has 1 aliphatic heterocycles. The molecule has 1 fully saturated rings. The van der Waals surface area contributed by atoms with Crippen molar-refractivity contribution in [3.63, 3.8) is 0 Å². The van der Waals surface area contributed by atoms with E-state index in [-0.39, 0.29) is 5.54 Å². The number of anilines is 1. The SMILES string of the molecule is NCC1(Nc2ccccc2)CCN(Cc2ccccc2)CC1. The van der Waals surface area contributed by atoms with E-state index in [1.54, 1.807) is 0 Å². The minimum absolute atomic E-state index is 0.0363. The van der Waals surface area contributed by atoms with Crippen molar-refractivity contribution in [3.8, 4) is 0 Å². The third-order valence-electron chi connectivity index (χ3n) is 4.64. The van der Waals surface area contributed by atoms with Crippen LogP contribution in [0.4, 0.5) is 5.69 Å². The highest BCUT2D eigenvalue weighted by molar-refractivity contribution is 5.45. The van der Waals surface area contributed by atoms with E-state index in [0.29, 0.717) is 6.54 Å². The van der Waals surface area contributed by atoms with Crippen LogP contribution in [0.2, 0.25) is 0 Å². The molecule has 2 aromatic carbocycles. The number of nitrogens with two attached hydrogens (primary N) is 1. The summed E-state index contributed by atoms with van der Waals surface area (Å²) in [6, 6.07) is 21.1. The molecular formula is C19H25N3. The van der Waals surface area contributed by atoms with E-state index in [1.165, 1.54) is 11.3 Å². The molecule has 0 radical (unpaired) electrons. The highest BCUT2D eigenvalue weighted by Crippen LogP contribution is 2.27. The zero-order valence-corrected chi connectivity index (χ0v) is 13.0. The lowest BCUT2D eigenvalue weighted by Crippen LogP contribution is -2.53. The molecule has 1 aliphatic rings. The van der Waals surface area contributed by atoms with Gasteiger partial charge in [-0.15, -0.1) is 0 Å². The third-order valence-corrected chi connectivity index (χ3v) is 4.64. The summed E-state index contributed by atoms with van der Waals surface area (Å²) in [4.78, 5) is 2.52. The lowest BCUT2D eigenvalue weighted by Gasteiger charge is -2.42. The first-order valence-electron chi connectivity index (χ1n) is 8.09. The maximum atomic E-state index is 6.10. The van der Waals surface area contributed by atoms with Crippen LogP contribution in [0.15, 0.2) is 60.7 Å². The summed E-state index contributed by atoms with van der Waals surface area (Å²) < 4.78 is 0. The van der Waals surface area contributed by atoms with Crippen molar-refractivity contribution in [2.24, 2.45) is 5.73 Å². The molecule has 0 bridgehead atoms. The van der Waals surface area contributed by atoms with Gasteiger partial charge in [-0.25, -0.2) is 0 Å². The number of nitrogens with one attached hydrogen (secondary N) is 1. The van der Waals surface area contributed by atoms with E-state index in [4.69, 9.17) is 5.73 Å². The number of nitrogens with zero attached hydrogens (tertiary/aromatic N) is 1. The second kappa shape index (κ2) is 6.95. The van der Waals surface area contributed by atoms with E-state index in [2.05, 4.69) is 64.8 Å². The number of para-hydroxylation sites is 1. The fraction of sp³-hybridized carbons (Fsp3) is 0.368. The molecule has 1 heterocycles. The second-order valence-corrected chi connectivity index (χ2v) is 6.24. The summed E-state index contributed by atoms with van der Waals surface area (Å²) in [6.45, 7) is 3.89. The molecule has 3 heteroatoms. The Balaban J connectivity index is 1.59. The summed E-state index contributed by atoms with van der Waals surface area (Å²) in [7, 11) is 0. The first kappa shape index (κ1) is 15.1. The Bertz CT molecular complexity index is 560. The van der Waals surface area contributed by atoms with Crippen LogP contribution in [0.1, 0.15) is 18.4 Å². The van der Waals surface area contributed by atoms with Crippen molar-refractivity contribution < 1.29 is 0 Å². The summed E-state index contributed by atoms with van der Waals surface area (Å²) in [6.07, 6.45) is 2.18. The Morgan fingerprint density at radius 1 is 0.909 bits per heavy atom. The molecule has 3 rings (SSSR count). The fourth-order valence-electron chi connectivity index (χ4n) is 3.19. The molecule has 22 heavy (non-hydrogen) atoms. The van der Waals surface area contributed by atoms with Gasteiger partial charge in [0.1, 0.15) is 0 Å². The maximum absolute atomic E-state index is 6.10. The number of rotatable bonds is 5. The number of hydrogen-bond donors (Lipinski definition) is 2. The van der Waals surface area contributed by atoms with Crippen LogP contribution in [0.25, 0.3) is 0 Å². The minimum Gasteiger partial charge on any atom is -0.378 e. The predicted octanol–water partition coefficient (Wildman–Crippen LogP) is 3.09. The summed E-state index contributed by atoms with van der Waals surface area (Å²) >= 11 is 0. The topological polar surface area (TPSA) is 41.3 Å².